The van der Waals surface area contributed by atoms with Crippen LogP contribution in [0, 0.1) is 0 Å². The minimum atomic E-state index is 0.355. The van der Waals surface area contributed by atoms with Gasteiger partial charge in [0.25, 0.3) is 0 Å². The molecule has 0 aliphatic heterocycles. The number of rotatable bonds is 5. The Morgan fingerprint density at radius 2 is 1.92 bits per heavy atom. The smallest absolute Gasteiger partial charge is 0.161 e. The van der Waals surface area contributed by atoms with Gasteiger partial charge in [0.15, 0.2) is 5.65 Å². The average molecular weight is 355 g/mol. The lowest BCUT2D eigenvalue weighted by molar-refractivity contribution is 0.641. The topological polar surface area (TPSA) is 78.7 Å². The van der Waals surface area contributed by atoms with Crippen LogP contribution in [0.2, 0.25) is 0 Å². The third kappa shape index (κ3) is 2.68. The first-order valence-electron chi connectivity index (χ1n) is 8.11. The molecule has 0 aromatic carbocycles. The number of hydrogen-bond acceptors (Lipinski definition) is 5. The van der Waals surface area contributed by atoms with Gasteiger partial charge in [-0.1, -0.05) is 5.21 Å². The molecule has 4 heterocycles. The maximum Gasteiger partial charge on any atom is 0.161 e. The van der Waals surface area contributed by atoms with Crippen LogP contribution < -0.4 is 0 Å². The molecule has 0 N–H and O–H groups in total. The quantitative estimate of drug-likeness (QED) is 0.513. The van der Waals surface area contributed by atoms with Crippen molar-refractivity contribution in [1.29, 1.82) is 0 Å². The molecule has 8 nitrogen and oxygen atoms in total. The summed E-state index contributed by atoms with van der Waals surface area (Å²) in [5.41, 5.74) is 4.85. The van der Waals surface area contributed by atoms with Crippen LogP contribution in [0.1, 0.15) is 35.7 Å². The fourth-order valence-electron chi connectivity index (χ4n) is 3.03. The number of nitrogens with zero attached hydrogens (tertiary/aromatic N) is 8. The second-order valence-electron chi connectivity index (χ2n) is 6.31. The summed E-state index contributed by atoms with van der Waals surface area (Å²) in [6, 6.07) is 2.19. The largest absolute Gasteiger partial charge is 0.305 e. The van der Waals surface area contributed by atoms with Crippen LogP contribution in [0.5, 0.6) is 0 Å². The van der Waals surface area contributed by atoms with Crippen LogP contribution in [-0.4, -0.2) is 39.1 Å². The molecule has 4 aromatic heterocycles. The SMILES string of the molecule is ClCc1cn(Cc2cn3cc(C4CC4)cc(-n4cnnc4)c3n2)nn1. The third-order valence-electron chi connectivity index (χ3n) is 4.40. The first-order chi connectivity index (χ1) is 12.3. The number of alkyl halides is 1. The van der Waals surface area contributed by atoms with Crippen molar-refractivity contribution in [2.45, 2.75) is 31.2 Å². The molecule has 25 heavy (non-hydrogen) atoms. The molecule has 1 fully saturated rings. The summed E-state index contributed by atoms with van der Waals surface area (Å²) < 4.78 is 5.73. The van der Waals surface area contributed by atoms with E-state index in [0.29, 0.717) is 18.3 Å². The number of aromatic nitrogens is 8. The van der Waals surface area contributed by atoms with E-state index in [9.17, 15) is 0 Å². The van der Waals surface area contributed by atoms with Crippen LogP contribution >= 0.6 is 11.6 Å². The lowest BCUT2D eigenvalue weighted by atomic mass is 10.2. The summed E-state index contributed by atoms with van der Waals surface area (Å²) in [5.74, 6) is 1.00. The highest BCUT2D eigenvalue weighted by atomic mass is 35.5. The predicted molar refractivity (Wildman–Crippen MR) is 90.8 cm³/mol. The molecule has 5 rings (SSSR count). The molecular weight excluding hydrogens is 340 g/mol. The Bertz CT molecular complexity index is 1030. The summed E-state index contributed by atoms with van der Waals surface area (Å²) in [4.78, 5) is 4.78. The van der Waals surface area contributed by atoms with Gasteiger partial charge in [-0.2, -0.15) is 0 Å². The van der Waals surface area contributed by atoms with E-state index in [4.69, 9.17) is 16.6 Å². The van der Waals surface area contributed by atoms with Crippen LogP contribution in [0.15, 0.2) is 37.3 Å². The van der Waals surface area contributed by atoms with Crippen LogP contribution in [-0.2, 0) is 12.4 Å². The molecule has 9 heteroatoms. The van der Waals surface area contributed by atoms with Gasteiger partial charge < -0.3 is 4.40 Å². The Hall–Kier alpha value is -2.74. The van der Waals surface area contributed by atoms with Crippen molar-refractivity contribution in [3.63, 3.8) is 0 Å². The molecule has 0 atom stereocenters. The van der Waals surface area contributed by atoms with Gasteiger partial charge in [0.1, 0.15) is 12.7 Å². The van der Waals surface area contributed by atoms with E-state index in [1.165, 1.54) is 18.4 Å². The molecular formula is C16H15ClN8. The molecule has 0 unspecified atom stereocenters. The van der Waals surface area contributed by atoms with Gasteiger partial charge in [0.05, 0.1) is 35.7 Å². The molecule has 1 saturated carbocycles. The average Bonchev–Trinajstić information content (AvgIpc) is 3.03. The second kappa shape index (κ2) is 5.66. The van der Waals surface area contributed by atoms with E-state index in [1.54, 1.807) is 17.3 Å². The summed E-state index contributed by atoms with van der Waals surface area (Å²) in [6.45, 7) is 0.548. The minimum Gasteiger partial charge on any atom is -0.305 e. The monoisotopic (exact) mass is 354 g/mol. The van der Waals surface area contributed by atoms with Crippen molar-refractivity contribution in [2.75, 3.05) is 0 Å². The van der Waals surface area contributed by atoms with E-state index in [2.05, 4.69) is 37.2 Å². The van der Waals surface area contributed by atoms with E-state index >= 15 is 0 Å². The fraction of sp³-hybridized carbons (Fsp3) is 0.312. The van der Waals surface area contributed by atoms with Gasteiger partial charge >= 0.3 is 0 Å². The number of hydrogen-bond donors (Lipinski definition) is 0. The molecule has 0 bridgehead atoms. The Morgan fingerprint density at radius 3 is 2.64 bits per heavy atom. The molecule has 1 aliphatic rings. The van der Waals surface area contributed by atoms with Crippen molar-refractivity contribution in [3.05, 3.63) is 54.3 Å². The Balaban J connectivity index is 1.59. The van der Waals surface area contributed by atoms with E-state index < -0.39 is 0 Å². The van der Waals surface area contributed by atoms with Gasteiger partial charge in [0.2, 0.25) is 0 Å². The minimum absolute atomic E-state index is 0.355. The standard InChI is InChI=1S/C16H15ClN8/c17-4-13-7-25(22-21-13)8-14-6-23-5-12(11-1-2-11)3-15(16(23)20-14)24-9-18-19-10-24/h3,5-7,9-11H,1-2,4,8H2. The molecule has 0 amide bonds. The highest BCUT2D eigenvalue weighted by Crippen LogP contribution is 2.41. The number of pyridine rings is 1. The van der Waals surface area contributed by atoms with Gasteiger partial charge in [-0.3, -0.25) is 4.57 Å². The highest BCUT2D eigenvalue weighted by Gasteiger charge is 2.25. The van der Waals surface area contributed by atoms with Crippen molar-refractivity contribution >= 4 is 17.2 Å². The molecule has 0 radical (unpaired) electrons. The molecule has 0 spiro atoms. The van der Waals surface area contributed by atoms with Crippen molar-refractivity contribution in [3.8, 4) is 5.69 Å². The molecule has 126 valence electrons. The predicted octanol–water partition coefficient (Wildman–Crippen LogP) is 2.17. The summed E-state index contributed by atoms with van der Waals surface area (Å²) in [7, 11) is 0. The zero-order valence-electron chi connectivity index (χ0n) is 13.3. The summed E-state index contributed by atoms with van der Waals surface area (Å²) in [6.07, 6.45) is 11.9. The zero-order valence-corrected chi connectivity index (χ0v) is 14.1. The number of halogens is 1. The Kier molecular flexibility index (Phi) is 3.30. The van der Waals surface area contributed by atoms with Crippen LogP contribution in [0.25, 0.3) is 11.3 Å². The molecule has 4 aromatic rings. The van der Waals surface area contributed by atoms with Gasteiger partial charge in [0, 0.05) is 12.4 Å². The van der Waals surface area contributed by atoms with E-state index in [0.717, 1.165) is 22.7 Å². The van der Waals surface area contributed by atoms with Crippen molar-refractivity contribution < 1.29 is 0 Å². The van der Waals surface area contributed by atoms with E-state index in [-0.39, 0.29) is 0 Å². The lowest BCUT2D eigenvalue weighted by Gasteiger charge is -2.07. The number of imidazole rings is 1. The maximum atomic E-state index is 5.79. The Labute approximate surface area is 148 Å². The van der Waals surface area contributed by atoms with Crippen molar-refractivity contribution in [2.24, 2.45) is 0 Å². The van der Waals surface area contributed by atoms with Gasteiger partial charge in [-0.05, 0) is 30.4 Å². The summed E-state index contributed by atoms with van der Waals surface area (Å²) >= 11 is 5.79. The first-order valence-corrected chi connectivity index (χ1v) is 8.65. The van der Waals surface area contributed by atoms with Gasteiger partial charge in [-0.15, -0.1) is 26.9 Å². The molecule has 1 aliphatic carbocycles. The maximum absolute atomic E-state index is 5.79. The lowest BCUT2D eigenvalue weighted by Crippen LogP contribution is -2.00. The van der Waals surface area contributed by atoms with Crippen LogP contribution in [0.3, 0.4) is 0 Å². The Morgan fingerprint density at radius 1 is 1.08 bits per heavy atom. The fourth-order valence-corrected chi connectivity index (χ4v) is 3.15. The summed E-state index contributed by atoms with van der Waals surface area (Å²) in [5, 5.41) is 15.9. The normalized spacial score (nSPS) is 14.4. The second-order valence-corrected chi connectivity index (χ2v) is 6.57. The highest BCUT2D eigenvalue weighted by molar-refractivity contribution is 6.16. The zero-order chi connectivity index (χ0) is 16.8. The van der Waals surface area contributed by atoms with Crippen molar-refractivity contribution in [1.82, 2.24) is 39.1 Å². The van der Waals surface area contributed by atoms with Gasteiger partial charge in [-0.25, -0.2) is 9.67 Å². The first kappa shape index (κ1) is 14.6. The molecule has 0 saturated heterocycles. The van der Waals surface area contributed by atoms with E-state index in [1.807, 2.05) is 17.0 Å². The van der Waals surface area contributed by atoms with Crippen LogP contribution in [0.4, 0.5) is 0 Å². The number of fused-ring (bicyclic) bond motifs is 1. The third-order valence-corrected chi connectivity index (χ3v) is 4.67.